The maximum Gasteiger partial charge on any atom is 0.115 e. The molecular formula is C69H63N17. The van der Waals surface area contributed by atoms with Crippen molar-refractivity contribution in [3.8, 4) is 11.1 Å². The average molecular weight is 1130 g/mol. The van der Waals surface area contributed by atoms with Gasteiger partial charge >= 0.3 is 0 Å². The SMILES string of the molecule is C1CNCCN1.c1cc(-c2ccncc2)ccn1.c1ccc2cnccc2c1.c1ccc2ncccc2c1.c1ccc2nccnc2c1.c1ccncc1.c1cnc2ccncc2c1.c1cnc2ccncc2c1.c1cnccn1.c1cncnc1. The third-order valence-corrected chi connectivity index (χ3v) is 11.4. The minimum absolute atomic E-state index is 0.949. The number of hydrogen-bond acceptors (Lipinski definition) is 17. The Bertz CT molecular complexity index is 3160. The van der Waals surface area contributed by atoms with E-state index in [0.717, 1.165) is 64.5 Å². The summed E-state index contributed by atoms with van der Waals surface area (Å²) in [5, 5.41) is 12.3. The number of aromatic nitrogens is 15. The molecule has 3 aromatic carbocycles. The highest BCUT2D eigenvalue weighted by atomic mass is 15.0. The quantitative estimate of drug-likeness (QED) is 0.156. The largest absolute Gasteiger partial charge is 0.314 e. The number of piperazine rings is 1. The highest BCUT2D eigenvalue weighted by Gasteiger charge is 1.95. The van der Waals surface area contributed by atoms with E-state index in [4.69, 9.17) is 0 Å². The van der Waals surface area contributed by atoms with E-state index >= 15 is 0 Å². The van der Waals surface area contributed by atoms with E-state index in [9.17, 15) is 0 Å². The topological polar surface area (TPSA) is 217 Å². The molecule has 0 radical (unpaired) electrons. The summed E-state index contributed by atoms with van der Waals surface area (Å²) in [6, 6.07) is 57.1. The van der Waals surface area contributed by atoms with Gasteiger partial charge in [-0.1, -0.05) is 66.7 Å². The van der Waals surface area contributed by atoms with Gasteiger partial charge in [0.25, 0.3) is 0 Å². The molecule has 0 unspecified atom stereocenters. The number of benzene rings is 3. The molecule has 0 bridgehead atoms. The Morgan fingerprint density at radius 3 is 0.930 bits per heavy atom. The summed E-state index contributed by atoms with van der Waals surface area (Å²) in [6.07, 6.45) is 41.6. The molecule has 17 nitrogen and oxygen atoms in total. The molecule has 13 heterocycles. The Labute approximate surface area is 499 Å². The fourth-order valence-electron chi connectivity index (χ4n) is 7.30. The summed E-state index contributed by atoms with van der Waals surface area (Å²) in [5.41, 5.74) is 7.30. The van der Waals surface area contributed by atoms with Gasteiger partial charge in [0, 0.05) is 185 Å². The van der Waals surface area contributed by atoms with Crippen molar-refractivity contribution in [3.63, 3.8) is 0 Å². The molecule has 12 aromatic heterocycles. The molecule has 1 fully saturated rings. The van der Waals surface area contributed by atoms with Crippen molar-refractivity contribution in [3.05, 3.63) is 325 Å². The number of nitrogens with one attached hydrogen (secondary N) is 2. The lowest BCUT2D eigenvalue weighted by Crippen LogP contribution is -2.39. The van der Waals surface area contributed by atoms with E-state index in [-0.39, 0.29) is 0 Å². The van der Waals surface area contributed by atoms with Crippen LogP contribution in [0.25, 0.3) is 65.6 Å². The zero-order valence-corrected chi connectivity index (χ0v) is 47.1. The second-order valence-corrected chi connectivity index (χ2v) is 17.4. The summed E-state index contributed by atoms with van der Waals surface area (Å²) in [5.74, 6) is 0. The van der Waals surface area contributed by atoms with Crippen molar-refractivity contribution < 1.29 is 0 Å². The summed E-state index contributed by atoms with van der Waals surface area (Å²) >= 11 is 0. The summed E-state index contributed by atoms with van der Waals surface area (Å²) in [6.45, 7) is 4.56. The van der Waals surface area contributed by atoms with Crippen LogP contribution in [0.5, 0.6) is 0 Å². The molecule has 1 saturated heterocycles. The van der Waals surface area contributed by atoms with Crippen LogP contribution in [0, 0.1) is 0 Å². The number of hydrogen-bond donors (Lipinski definition) is 2. The first-order valence-corrected chi connectivity index (χ1v) is 27.3. The van der Waals surface area contributed by atoms with E-state index in [1.807, 2.05) is 177 Å². The fraction of sp³-hybridized carbons (Fsp3) is 0.0580. The van der Waals surface area contributed by atoms with Gasteiger partial charge in [0.1, 0.15) is 6.33 Å². The van der Waals surface area contributed by atoms with E-state index in [2.05, 4.69) is 110 Å². The lowest BCUT2D eigenvalue weighted by molar-refractivity contribution is 0.534. The summed E-state index contributed by atoms with van der Waals surface area (Å²) < 4.78 is 0. The smallest absolute Gasteiger partial charge is 0.115 e. The van der Waals surface area contributed by atoms with E-state index in [1.165, 1.54) is 33.6 Å². The van der Waals surface area contributed by atoms with Crippen molar-refractivity contribution in [2.24, 2.45) is 0 Å². The maximum absolute atomic E-state index is 4.18. The normalized spacial score (nSPS) is 10.5. The molecular weight excluding hydrogens is 1070 g/mol. The van der Waals surface area contributed by atoms with Crippen LogP contribution in [-0.4, -0.2) is 101 Å². The van der Waals surface area contributed by atoms with Gasteiger partial charge in [-0.15, -0.1) is 0 Å². The average Bonchev–Trinajstić information content (AvgIpc) is 3.70. The molecule has 15 aromatic rings. The lowest BCUT2D eigenvalue weighted by atomic mass is 10.1. The molecule has 86 heavy (non-hydrogen) atoms. The Morgan fingerprint density at radius 2 is 0.547 bits per heavy atom. The van der Waals surface area contributed by atoms with Crippen LogP contribution < -0.4 is 10.6 Å². The Balaban J connectivity index is 0.000000138. The lowest BCUT2D eigenvalue weighted by Gasteiger charge is -2.11. The van der Waals surface area contributed by atoms with Crippen molar-refractivity contribution in [1.29, 1.82) is 0 Å². The van der Waals surface area contributed by atoms with Crippen LogP contribution in [-0.2, 0) is 0 Å². The monoisotopic (exact) mass is 1130 g/mol. The van der Waals surface area contributed by atoms with Gasteiger partial charge in [-0.3, -0.25) is 64.8 Å². The van der Waals surface area contributed by atoms with Gasteiger partial charge in [-0.2, -0.15) is 0 Å². The first-order valence-electron chi connectivity index (χ1n) is 27.3. The van der Waals surface area contributed by atoms with Crippen molar-refractivity contribution in [2.45, 2.75) is 0 Å². The van der Waals surface area contributed by atoms with Gasteiger partial charge in [-0.25, -0.2) is 9.97 Å². The van der Waals surface area contributed by atoms with Crippen LogP contribution in [0.15, 0.2) is 325 Å². The predicted octanol–water partition coefficient (Wildman–Crippen LogP) is 12.7. The van der Waals surface area contributed by atoms with E-state index < -0.39 is 0 Å². The van der Waals surface area contributed by atoms with Crippen LogP contribution in [0.4, 0.5) is 0 Å². The third-order valence-electron chi connectivity index (χ3n) is 11.4. The van der Waals surface area contributed by atoms with Gasteiger partial charge in [0.2, 0.25) is 0 Å². The van der Waals surface area contributed by atoms with Crippen molar-refractivity contribution in [1.82, 2.24) is 85.4 Å². The van der Waals surface area contributed by atoms with Gasteiger partial charge in [0.15, 0.2) is 0 Å². The summed E-state index contributed by atoms with van der Waals surface area (Å²) in [4.78, 5) is 59.1. The molecule has 17 heteroatoms. The molecule has 0 amide bonds. The molecule has 0 aliphatic carbocycles. The van der Waals surface area contributed by atoms with Crippen LogP contribution in [0.1, 0.15) is 0 Å². The number of para-hydroxylation sites is 3. The highest BCUT2D eigenvalue weighted by molar-refractivity contribution is 5.81. The van der Waals surface area contributed by atoms with E-state index in [1.54, 1.807) is 118 Å². The van der Waals surface area contributed by atoms with Crippen LogP contribution >= 0.6 is 0 Å². The first-order chi connectivity index (χ1) is 42.8. The molecule has 2 N–H and O–H groups in total. The molecule has 1 aliphatic heterocycles. The summed E-state index contributed by atoms with van der Waals surface area (Å²) in [7, 11) is 0. The number of pyridine rings is 9. The molecule has 0 atom stereocenters. The standard InChI is InChI=1S/C10H8N2.2C9H7N.3C8H6N2.C5H5N.C4H10N2.2C4H4N2/c1-5-11-6-2-9(1)10-3-7-12-8-4-10;1-2-6-9-8(4-1)5-3-7-10-9;1-2-4-9-7-10-6-5-8(9)3-1;2*1-2-7-6-9-5-3-8(7)10-4-1;1-2-4-8-7(3-1)9-5-6-10-8;1-2-4-6-5-3-1;2*1-2-6-4-3-5-1;1-2-5-4-6-3-1/h1-8H;2*1-7H;3*1-6H;1-5H;5-6H,1-4H2;2*1-4H. The molecule has 0 saturated carbocycles. The second-order valence-electron chi connectivity index (χ2n) is 17.4. The molecule has 424 valence electrons. The Kier molecular flexibility index (Phi) is 28.7. The number of rotatable bonds is 1. The number of nitrogens with zero attached hydrogens (tertiary/aromatic N) is 15. The minimum atomic E-state index is 0.949. The zero-order valence-electron chi connectivity index (χ0n) is 47.1. The Morgan fingerprint density at radius 1 is 0.198 bits per heavy atom. The molecule has 16 rings (SSSR count). The van der Waals surface area contributed by atoms with Gasteiger partial charge in [-0.05, 0) is 131 Å². The fourth-order valence-corrected chi connectivity index (χ4v) is 7.30. The van der Waals surface area contributed by atoms with Gasteiger partial charge in [0.05, 0.1) is 27.6 Å². The minimum Gasteiger partial charge on any atom is -0.314 e. The van der Waals surface area contributed by atoms with E-state index in [0.29, 0.717) is 0 Å². The van der Waals surface area contributed by atoms with Crippen molar-refractivity contribution in [2.75, 3.05) is 26.2 Å². The van der Waals surface area contributed by atoms with Gasteiger partial charge < -0.3 is 10.6 Å². The highest BCUT2D eigenvalue weighted by Crippen LogP contribution is 2.16. The van der Waals surface area contributed by atoms with Crippen LogP contribution in [0.3, 0.4) is 0 Å². The number of fused-ring (bicyclic) bond motifs is 5. The Hall–Kier alpha value is -11.5. The first kappa shape index (κ1) is 62.1. The maximum atomic E-state index is 4.18. The third kappa shape index (κ3) is 24.7. The zero-order chi connectivity index (χ0) is 59.3. The van der Waals surface area contributed by atoms with Crippen LogP contribution in [0.2, 0.25) is 0 Å². The molecule has 1 aliphatic rings. The molecule has 0 spiro atoms. The predicted molar refractivity (Wildman–Crippen MR) is 344 cm³/mol. The van der Waals surface area contributed by atoms with Crippen molar-refractivity contribution >= 4 is 54.5 Å². The second kappa shape index (κ2) is 39.8.